The van der Waals surface area contributed by atoms with E-state index in [0.717, 1.165) is 19.5 Å². The summed E-state index contributed by atoms with van der Waals surface area (Å²) in [5, 5.41) is 5.69. The number of nitrogens with one attached hydrogen (secondary N) is 2. The van der Waals surface area contributed by atoms with E-state index in [4.69, 9.17) is 14.2 Å². The zero-order valence-corrected chi connectivity index (χ0v) is 18.6. The fourth-order valence-electron chi connectivity index (χ4n) is 3.69. The van der Waals surface area contributed by atoms with Crippen LogP contribution in [0.15, 0.2) is 12.1 Å². The SMILES string of the molecule is COc1cc(C(=O)NCCC(=O)NCCCN2CCCC[C@H]2C)cc(OC)c1OC. The Morgan fingerprint density at radius 2 is 1.73 bits per heavy atom. The summed E-state index contributed by atoms with van der Waals surface area (Å²) in [4.78, 5) is 26.9. The monoisotopic (exact) mass is 421 g/mol. The summed E-state index contributed by atoms with van der Waals surface area (Å²) in [6.45, 7) is 5.35. The standard InChI is InChI=1S/C22H35N3O5/c1-16-8-5-6-12-25(16)13-7-10-23-20(26)9-11-24-22(27)17-14-18(28-2)21(30-4)19(15-17)29-3/h14-16H,5-13H2,1-4H3,(H,23,26)(H,24,27)/t16-/m1/s1. The number of ether oxygens (including phenoxy) is 3. The van der Waals surface area contributed by atoms with Gasteiger partial charge in [-0.1, -0.05) is 6.42 Å². The van der Waals surface area contributed by atoms with Crippen LogP contribution in [0.25, 0.3) is 0 Å². The largest absolute Gasteiger partial charge is 0.493 e. The molecule has 1 aromatic rings. The first-order valence-corrected chi connectivity index (χ1v) is 10.6. The maximum Gasteiger partial charge on any atom is 0.251 e. The number of carbonyl (C=O) groups is 2. The van der Waals surface area contributed by atoms with Crippen molar-refractivity contribution in [1.82, 2.24) is 15.5 Å². The molecule has 0 aromatic heterocycles. The van der Waals surface area contributed by atoms with Gasteiger partial charge in [-0.25, -0.2) is 0 Å². The lowest BCUT2D eigenvalue weighted by Crippen LogP contribution is -2.39. The van der Waals surface area contributed by atoms with Crippen LogP contribution in [-0.2, 0) is 4.79 Å². The molecule has 2 rings (SSSR count). The third kappa shape index (κ3) is 6.79. The summed E-state index contributed by atoms with van der Waals surface area (Å²) in [5.41, 5.74) is 0.376. The van der Waals surface area contributed by atoms with Gasteiger partial charge in [0.1, 0.15) is 0 Å². The number of hydrogen-bond donors (Lipinski definition) is 2. The van der Waals surface area contributed by atoms with E-state index in [1.807, 2.05) is 0 Å². The summed E-state index contributed by atoms with van der Waals surface area (Å²) >= 11 is 0. The average Bonchev–Trinajstić information content (AvgIpc) is 2.76. The van der Waals surface area contributed by atoms with Gasteiger partial charge in [0.05, 0.1) is 21.3 Å². The van der Waals surface area contributed by atoms with Gasteiger partial charge in [0, 0.05) is 37.7 Å². The van der Waals surface area contributed by atoms with Crippen LogP contribution in [0.4, 0.5) is 0 Å². The Hall–Kier alpha value is -2.48. The minimum absolute atomic E-state index is 0.0631. The van der Waals surface area contributed by atoms with E-state index >= 15 is 0 Å². The highest BCUT2D eigenvalue weighted by molar-refractivity contribution is 5.95. The minimum Gasteiger partial charge on any atom is -0.493 e. The molecule has 1 saturated heterocycles. The molecule has 1 atom stereocenters. The second-order valence-corrected chi connectivity index (χ2v) is 7.50. The quantitative estimate of drug-likeness (QED) is 0.533. The van der Waals surface area contributed by atoms with Crippen LogP contribution in [0.1, 0.15) is 49.4 Å². The predicted octanol–water partition coefficient (Wildman–Crippen LogP) is 2.21. The number of nitrogens with zero attached hydrogens (tertiary/aromatic N) is 1. The molecule has 1 aliphatic heterocycles. The molecule has 0 spiro atoms. The molecule has 0 bridgehead atoms. The van der Waals surface area contributed by atoms with Gasteiger partial charge in [0.2, 0.25) is 11.7 Å². The van der Waals surface area contributed by atoms with Crippen molar-refractivity contribution in [1.29, 1.82) is 0 Å². The van der Waals surface area contributed by atoms with E-state index < -0.39 is 0 Å². The Morgan fingerprint density at radius 3 is 2.33 bits per heavy atom. The number of carbonyl (C=O) groups excluding carboxylic acids is 2. The smallest absolute Gasteiger partial charge is 0.251 e. The summed E-state index contributed by atoms with van der Waals surface area (Å²) < 4.78 is 15.8. The van der Waals surface area contributed by atoms with Crippen molar-refractivity contribution >= 4 is 11.8 Å². The molecule has 0 unspecified atom stereocenters. The Kier molecular flexibility index (Phi) is 9.73. The summed E-state index contributed by atoms with van der Waals surface area (Å²) in [5.74, 6) is 0.869. The molecule has 0 saturated carbocycles. The summed E-state index contributed by atoms with van der Waals surface area (Å²) in [7, 11) is 4.50. The van der Waals surface area contributed by atoms with E-state index in [1.54, 1.807) is 12.1 Å². The Morgan fingerprint density at radius 1 is 1.03 bits per heavy atom. The highest BCUT2D eigenvalue weighted by Gasteiger charge is 2.18. The molecular formula is C22H35N3O5. The summed E-state index contributed by atoms with van der Waals surface area (Å²) in [6.07, 6.45) is 5.01. The van der Waals surface area contributed by atoms with Crippen LogP contribution in [-0.4, -0.2) is 70.3 Å². The van der Waals surface area contributed by atoms with Gasteiger partial charge in [-0.2, -0.15) is 0 Å². The zero-order chi connectivity index (χ0) is 21.9. The lowest BCUT2D eigenvalue weighted by atomic mass is 10.0. The van der Waals surface area contributed by atoms with Crippen molar-refractivity contribution in [2.24, 2.45) is 0 Å². The maximum atomic E-state index is 12.4. The minimum atomic E-state index is -0.305. The molecule has 2 amide bonds. The van der Waals surface area contributed by atoms with E-state index in [0.29, 0.717) is 35.4 Å². The van der Waals surface area contributed by atoms with Gasteiger partial charge in [-0.05, 0) is 44.9 Å². The number of amides is 2. The highest BCUT2D eigenvalue weighted by Crippen LogP contribution is 2.38. The van der Waals surface area contributed by atoms with Crippen LogP contribution < -0.4 is 24.8 Å². The van der Waals surface area contributed by atoms with Gasteiger partial charge in [0.15, 0.2) is 11.5 Å². The molecule has 8 nitrogen and oxygen atoms in total. The molecule has 2 N–H and O–H groups in total. The number of piperidine rings is 1. The van der Waals surface area contributed by atoms with Crippen LogP contribution in [0.5, 0.6) is 17.2 Å². The van der Waals surface area contributed by atoms with Crippen LogP contribution in [0.3, 0.4) is 0 Å². The fourth-order valence-corrected chi connectivity index (χ4v) is 3.69. The van der Waals surface area contributed by atoms with Crippen molar-refractivity contribution in [2.45, 2.75) is 45.1 Å². The highest BCUT2D eigenvalue weighted by atomic mass is 16.5. The fraction of sp³-hybridized carbons (Fsp3) is 0.636. The number of likely N-dealkylation sites (tertiary alicyclic amines) is 1. The number of methoxy groups -OCH3 is 3. The topological polar surface area (TPSA) is 89.1 Å². The molecular weight excluding hydrogens is 386 g/mol. The first kappa shape index (κ1) is 23.8. The van der Waals surface area contributed by atoms with Crippen molar-refractivity contribution in [3.63, 3.8) is 0 Å². The van der Waals surface area contributed by atoms with Gasteiger partial charge >= 0.3 is 0 Å². The number of hydrogen-bond acceptors (Lipinski definition) is 6. The molecule has 168 valence electrons. The molecule has 1 aliphatic rings. The Balaban J connectivity index is 1.71. The zero-order valence-electron chi connectivity index (χ0n) is 18.6. The Labute approximate surface area is 179 Å². The van der Waals surface area contributed by atoms with Crippen molar-refractivity contribution in [3.05, 3.63) is 17.7 Å². The molecule has 0 radical (unpaired) electrons. The van der Waals surface area contributed by atoms with Gasteiger partial charge in [-0.3, -0.25) is 9.59 Å². The molecule has 1 fully saturated rings. The summed E-state index contributed by atoms with van der Waals surface area (Å²) in [6, 6.07) is 3.80. The maximum absolute atomic E-state index is 12.4. The normalized spacial score (nSPS) is 16.6. The van der Waals surface area contributed by atoms with Crippen molar-refractivity contribution in [2.75, 3.05) is 47.5 Å². The lowest BCUT2D eigenvalue weighted by molar-refractivity contribution is -0.120. The molecule has 30 heavy (non-hydrogen) atoms. The average molecular weight is 422 g/mol. The lowest BCUT2D eigenvalue weighted by Gasteiger charge is -2.33. The van der Waals surface area contributed by atoms with Crippen LogP contribution in [0.2, 0.25) is 0 Å². The second-order valence-electron chi connectivity index (χ2n) is 7.50. The van der Waals surface area contributed by atoms with Gasteiger partial charge in [0.25, 0.3) is 5.91 Å². The van der Waals surface area contributed by atoms with Gasteiger partial charge < -0.3 is 29.7 Å². The van der Waals surface area contributed by atoms with E-state index in [2.05, 4.69) is 22.5 Å². The number of benzene rings is 1. The van der Waals surface area contributed by atoms with Crippen molar-refractivity contribution < 1.29 is 23.8 Å². The second kappa shape index (κ2) is 12.3. The van der Waals surface area contributed by atoms with Crippen LogP contribution >= 0.6 is 0 Å². The van der Waals surface area contributed by atoms with E-state index in [9.17, 15) is 9.59 Å². The third-order valence-corrected chi connectivity index (χ3v) is 5.45. The predicted molar refractivity (Wildman–Crippen MR) is 116 cm³/mol. The number of rotatable bonds is 11. The molecule has 0 aliphatic carbocycles. The molecule has 1 heterocycles. The Bertz CT molecular complexity index is 685. The van der Waals surface area contributed by atoms with E-state index in [-0.39, 0.29) is 24.8 Å². The molecule has 8 heteroatoms. The van der Waals surface area contributed by atoms with Crippen LogP contribution in [0, 0.1) is 0 Å². The first-order chi connectivity index (χ1) is 14.5. The van der Waals surface area contributed by atoms with Gasteiger partial charge in [-0.15, -0.1) is 0 Å². The first-order valence-electron chi connectivity index (χ1n) is 10.6. The van der Waals surface area contributed by atoms with Crippen molar-refractivity contribution in [3.8, 4) is 17.2 Å². The van der Waals surface area contributed by atoms with E-state index in [1.165, 1.54) is 40.6 Å². The third-order valence-electron chi connectivity index (χ3n) is 5.45. The molecule has 1 aromatic carbocycles.